The molecule has 1 aromatic heterocycles. The highest BCUT2D eigenvalue weighted by Crippen LogP contribution is 2.40. The molecule has 55 heavy (non-hydrogen) atoms. The predicted molar refractivity (Wildman–Crippen MR) is 231 cm³/mol. The Labute approximate surface area is 320 Å². The third-order valence-corrected chi connectivity index (χ3v) is 10.2. The molecule has 0 saturated carbocycles. The van der Waals surface area contributed by atoms with Gasteiger partial charge in [-0.25, -0.2) is 9.97 Å². The van der Waals surface area contributed by atoms with E-state index in [1.165, 1.54) is 17.0 Å². The number of benzene rings is 8. The van der Waals surface area contributed by atoms with Crippen molar-refractivity contribution in [2.75, 3.05) is 0 Å². The molecule has 4 heteroatoms. The van der Waals surface area contributed by atoms with E-state index in [0.717, 1.165) is 83.5 Å². The summed E-state index contributed by atoms with van der Waals surface area (Å²) >= 11 is 0. The van der Waals surface area contributed by atoms with Gasteiger partial charge >= 0.3 is 0 Å². The zero-order valence-corrected chi connectivity index (χ0v) is 30.3. The van der Waals surface area contributed by atoms with Crippen LogP contribution in [0, 0.1) is 12.3 Å². The van der Waals surface area contributed by atoms with Crippen LogP contribution in [-0.2, 0) is 0 Å². The van der Waals surface area contributed by atoms with Crippen molar-refractivity contribution in [2.45, 2.75) is 6.92 Å². The van der Waals surface area contributed by atoms with Gasteiger partial charge in [0.15, 0.2) is 5.82 Å². The summed E-state index contributed by atoms with van der Waals surface area (Å²) in [5.41, 5.74) is 13.7. The summed E-state index contributed by atoms with van der Waals surface area (Å²) in [7, 11) is 0. The van der Waals surface area contributed by atoms with Crippen molar-refractivity contribution in [3.05, 3.63) is 188 Å². The van der Waals surface area contributed by atoms with E-state index < -0.39 is 0 Å². The van der Waals surface area contributed by atoms with Crippen LogP contribution < -0.4 is 0 Å². The predicted octanol–water partition coefficient (Wildman–Crippen LogP) is 13.4. The second kappa shape index (κ2) is 14.6. The van der Waals surface area contributed by atoms with Crippen LogP contribution in [0.2, 0.25) is 0 Å². The van der Waals surface area contributed by atoms with E-state index in [1.54, 1.807) is 6.21 Å². The molecule has 0 radical (unpaired) electrons. The molecule has 8 aromatic carbocycles. The van der Waals surface area contributed by atoms with Gasteiger partial charge in [-0.15, -0.1) is 0 Å². The van der Waals surface area contributed by atoms with Crippen LogP contribution in [0.4, 0.5) is 5.69 Å². The van der Waals surface area contributed by atoms with Gasteiger partial charge < -0.3 is 5.41 Å². The van der Waals surface area contributed by atoms with Crippen molar-refractivity contribution in [2.24, 2.45) is 4.99 Å². The maximum Gasteiger partial charge on any atom is 0.160 e. The Bertz CT molecular complexity index is 2840. The van der Waals surface area contributed by atoms with E-state index in [0.29, 0.717) is 5.82 Å². The van der Waals surface area contributed by atoms with Gasteiger partial charge in [-0.1, -0.05) is 152 Å². The SMILES string of the molecule is Cc1c(N=CC=N)c2ccc(-c3cccc(-c4cccc(-c5cccc(-c6nc(-c7ccccc7)cc(-c7ccccc7)n6)c5)c4)c3)cc2c2ccccc12. The molecule has 9 aromatic rings. The van der Waals surface area contributed by atoms with E-state index in [4.69, 9.17) is 15.4 Å². The number of aromatic nitrogens is 2. The highest BCUT2D eigenvalue weighted by atomic mass is 14.9. The number of hydrogen-bond donors (Lipinski definition) is 1. The topological polar surface area (TPSA) is 62.0 Å². The Balaban J connectivity index is 1.08. The molecule has 0 atom stereocenters. The second-order valence-electron chi connectivity index (χ2n) is 13.7. The number of aliphatic imine (C=N–C) groups is 1. The lowest BCUT2D eigenvalue weighted by molar-refractivity contribution is 1.18. The number of hydrogen-bond acceptors (Lipinski definition) is 4. The Morgan fingerprint density at radius 3 is 1.40 bits per heavy atom. The fourth-order valence-electron chi connectivity index (χ4n) is 7.49. The van der Waals surface area contributed by atoms with E-state index in [2.05, 4.69) is 158 Å². The average Bonchev–Trinajstić information content (AvgIpc) is 3.27. The quantitative estimate of drug-likeness (QED) is 0.126. The van der Waals surface area contributed by atoms with Crippen molar-refractivity contribution in [3.8, 4) is 67.3 Å². The Morgan fingerprint density at radius 1 is 0.400 bits per heavy atom. The van der Waals surface area contributed by atoms with Gasteiger partial charge in [0, 0.05) is 34.5 Å². The van der Waals surface area contributed by atoms with E-state index in [-0.39, 0.29) is 0 Å². The molecule has 9 rings (SSSR count). The molecule has 0 unspecified atom stereocenters. The first-order chi connectivity index (χ1) is 27.1. The third kappa shape index (κ3) is 6.62. The number of fused-ring (bicyclic) bond motifs is 3. The van der Waals surface area contributed by atoms with Crippen LogP contribution in [0.25, 0.3) is 88.8 Å². The number of nitrogens with one attached hydrogen (secondary N) is 1. The summed E-state index contributed by atoms with van der Waals surface area (Å²) < 4.78 is 0. The second-order valence-corrected chi connectivity index (χ2v) is 13.7. The normalized spacial score (nSPS) is 11.4. The van der Waals surface area contributed by atoms with Gasteiger partial charge in [-0.05, 0) is 92.4 Å². The first-order valence-electron chi connectivity index (χ1n) is 18.4. The number of aryl methyl sites for hydroxylation is 1. The summed E-state index contributed by atoms with van der Waals surface area (Å²) in [6, 6.07) is 63.8. The fourth-order valence-corrected chi connectivity index (χ4v) is 7.49. The summed E-state index contributed by atoms with van der Waals surface area (Å²) in [5, 5.41) is 12.1. The number of nitrogens with zero attached hydrogens (tertiary/aromatic N) is 3. The molecule has 260 valence electrons. The molecule has 4 nitrogen and oxygen atoms in total. The van der Waals surface area contributed by atoms with Crippen molar-refractivity contribution in [1.29, 1.82) is 5.41 Å². The molecule has 1 N–H and O–H groups in total. The zero-order valence-electron chi connectivity index (χ0n) is 30.3. The van der Waals surface area contributed by atoms with Crippen LogP contribution >= 0.6 is 0 Å². The lowest BCUT2D eigenvalue weighted by Crippen LogP contribution is -1.96. The van der Waals surface area contributed by atoms with Crippen LogP contribution in [0.15, 0.2) is 187 Å². The Morgan fingerprint density at radius 2 is 0.855 bits per heavy atom. The molecule has 0 aliphatic heterocycles. The maximum atomic E-state index is 7.53. The zero-order chi connectivity index (χ0) is 37.1. The minimum atomic E-state index is 0.692. The lowest BCUT2D eigenvalue weighted by atomic mass is 9.92. The van der Waals surface area contributed by atoms with Crippen LogP contribution in [0.5, 0.6) is 0 Å². The van der Waals surface area contributed by atoms with Crippen LogP contribution in [-0.4, -0.2) is 22.4 Å². The van der Waals surface area contributed by atoms with Gasteiger partial charge in [0.25, 0.3) is 0 Å². The molecule has 0 bridgehead atoms. The van der Waals surface area contributed by atoms with Crippen LogP contribution in [0.3, 0.4) is 0 Å². The molecule has 0 fully saturated rings. The maximum absolute atomic E-state index is 7.53. The number of rotatable bonds is 8. The fraction of sp³-hybridized carbons (Fsp3) is 0.0196. The van der Waals surface area contributed by atoms with E-state index in [1.807, 2.05) is 36.4 Å². The van der Waals surface area contributed by atoms with Gasteiger partial charge in [0.05, 0.1) is 17.1 Å². The highest BCUT2D eigenvalue weighted by Gasteiger charge is 2.14. The first kappa shape index (κ1) is 33.5. The first-order valence-corrected chi connectivity index (χ1v) is 18.4. The molecular formula is C51H36N4. The molecule has 0 aliphatic carbocycles. The van der Waals surface area contributed by atoms with E-state index >= 15 is 0 Å². The summed E-state index contributed by atoms with van der Waals surface area (Å²) in [6.45, 7) is 2.11. The monoisotopic (exact) mass is 704 g/mol. The van der Waals surface area contributed by atoms with Gasteiger partial charge in [0.2, 0.25) is 0 Å². The molecule has 0 amide bonds. The molecule has 0 aliphatic rings. The summed E-state index contributed by atoms with van der Waals surface area (Å²) in [5.74, 6) is 0.692. The third-order valence-electron chi connectivity index (χ3n) is 10.2. The molecule has 0 saturated heterocycles. The van der Waals surface area contributed by atoms with Crippen molar-refractivity contribution in [3.63, 3.8) is 0 Å². The molecule has 0 spiro atoms. The van der Waals surface area contributed by atoms with Gasteiger partial charge in [-0.2, -0.15) is 0 Å². The minimum absolute atomic E-state index is 0.692. The largest absolute Gasteiger partial charge is 0.307 e. The van der Waals surface area contributed by atoms with Crippen molar-refractivity contribution in [1.82, 2.24) is 9.97 Å². The van der Waals surface area contributed by atoms with Gasteiger partial charge in [0.1, 0.15) is 0 Å². The summed E-state index contributed by atoms with van der Waals surface area (Å²) in [4.78, 5) is 14.8. The van der Waals surface area contributed by atoms with Crippen molar-refractivity contribution >= 4 is 39.7 Å². The Kier molecular flexibility index (Phi) is 8.91. The van der Waals surface area contributed by atoms with Crippen LogP contribution in [0.1, 0.15) is 5.56 Å². The average molecular weight is 705 g/mol. The van der Waals surface area contributed by atoms with Crippen molar-refractivity contribution < 1.29 is 0 Å². The van der Waals surface area contributed by atoms with Gasteiger partial charge in [-0.3, -0.25) is 4.99 Å². The minimum Gasteiger partial charge on any atom is -0.307 e. The summed E-state index contributed by atoms with van der Waals surface area (Å²) in [6.07, 6.45) is 2.78. The molecular weight excluding hydrogens is 669 g/mol. The highest BCUT2D eigenvalue weighted by molar-refractivity contribution is 6.19. The standard InChI is InChI=1S/C51H36N4/c1-34-44-23-8-9-24-45(44)47-32-42(25-26-46(47)50(34)53-28-27-52)40-20-11-18-38(30-40)37-17-10-19-39(29-37)41-21-12-22-43(31-41)51-54-48(35-13-4-2-5-14-35)33-49(55-51)36-15-6-3-7-16-36/h2-33,52H,1H3. The lowest BCUT2D eigenvalue weighted by Gasteiger charge is -2.14. The Hall–Kier alpha value is -7.30. The van der Waals surface area contributed by atoms with E-state index in [9.17, 15) is 0 Å². The smallest absolute Gasteiger partial charge is 0.160 e. The molecule has 1 heterocycles.